The molecule has 6 N–H and O–H groups in total. The Hall–Kier alpha value is -5.80. The number of hydrogen-bond donors (Lipinski definition) is 6. The molecular formula is C37H38N6O11S3. The number of anilines is 3. The van der Waals surface area contributed by atoms with Gasteiger partial charge in [0.1, 0.15) is 9.79 Å². The molecule has 3 aromatic carbocycles. The van der Waals surface area contributed by atoms with Crippen LogP contribution in [0.25, 0.3) is 10.8 Å². The molecule has 0 saturated carbocycles. The minimum Gasteiger partial charge on any atom is -0.375 e. The van der Waals surface area contributed by atoms with E-state index in [9.17, 15) is 48.7 Å². The molecule has 0 aromatic heterocycles. The van der Waals surface area contributed by atoms with E-state index in [1.165, 1.54) is 30.3 Å². The molecule has 0 unspecified atom stereocenters. The quantitative estimate of drug-likeness (QED) is 0.0446. The van der Waals surface area contributed by atoms with Gasteiger partial charge in [0.2, 0.25) is 5.91 Å². The van der Waals surface area contributed by atoms with E-state index < -0.39 is 77.6 Å². The summed E-state index contributed by atoms with van der Waals surface area (Å²) in [5.74, 6) is -0.407. The fourth-order valence-electron chi connectivity index (χ4n) is 5.95. The maximum Gasteiger partial charge on any atom is 0.296 e. The second kappa shape index (κ2) is 17.1. The van der Waals surface area contributed by atoms with Crippen LogP contribution >= 0.6 is 0 Å². The lowest BCUT2D eigenvalue weighted by Crippen LogP contribution is -2.32. The molecule has 0 spiro atoms. The SMILES string of the molecule is C=CS(=O)(=O)CCNC(=O)CCCCCN(C)c1ccc(NNc2ccc(N=c3cc(S(=O)(=O)O)c(=N)c4c(=O)c5ccccc5c(=O)c3=4)c(S(=O)(=O)O)c2)cc1. The van der Waals surface area contributed by atoms with E-state index in [-0.39, 0.29) is 41.1 Å². The molecule has 0 radical (unpaired) electrons. The Labute approximate surface area is 326 Å². The number of nitrogens with zero attached hydrogens (tertiary/aromatic N) is 2. The third-order valence-corrected chi connectivity index (χ3v) is 12.0. The number of nitrogens with one attached hydrogen (secondary N) is 4. The highest BCUT2D eigenvalue weighted by molar-refractivity contribution is 7.94. The number of fused-ring (bicyclic) bond motifs is 1. The molecule has 0 heterocycles. The van der Waals surface area contributed by atoms with Gasteiger partial charge in [-0.2, -0.15) is 16.8 Å². The number of benzene rings is 3. The molecule has 20 heteroatoms. The van der Waals surface area contributed by atoms with Crippen LogP contribution in [-0.4, -0.2) is 66.2 Å². The second-order valence-corrected chi connectivity index (χ2v) is 17.7. The summed E-state index contributed by atoms with van der Waals surface area (Å²) in [5, 5.41) is 9.10. The Morgan fingerprint density at radius 1 is 0.807 bits per heavy atom. The molecule has 0 fully saturated rings. The second-order valence-electron chi connectivity index (χ2n) is 12.9. The van der Waals surface area contributed by atoms with E-state index in [0.29, 0.717) is 24.7 Å². The molecule has 2 aliphatic rings. The summed E-state index contributed by atoms with van der Waals surface area (Å²) in [6.07, 6.45) is 2.51. The van der Waals surface area contributed by atoms with E-state index in [2.05, 4.69) is 27.7 Å². The van der Waals surface area contributed by atoms with Gasteiger partial charge in [-0.3, -0.25) is 28.9 Å². The molecule has 0 atom stereocenters. The number of hydrazine groups is 1. The summed E-state index contributed by atoms with van der Waals surface area (Å²) in [6.45, 7) is 3.97. The van der Waals surface area contributed by atoms with Crippen LogP contribution in [0, 0.1) is 15.8 Å². The van der Waals surface area contributed by atoms with Crippen molar-refractivity contribution in [3.63, 3.8) is 0 Å². The average Bonchev–Trinajstić information content (AvgIpc) is 3.16. The summed E-state index contributed by atoms with van der Waals surface area (Å²) in [6, 6.07) is 17.1. The number of unbranched alkanes of at least 4 members (excludes halogenated alkanes) is 2. The van der Waals surface area contributed by atoms with Crippen molar-refractivity contribution in [2.24, 2.45) is 4.99 Å². The number of amides is 1. The predicted octanol–water partition coefficient (Wildman–Crippen LogP) is 2.48. The highest BCUT2D eigenvalue weighted by Crippen LogP contribution is 2.28. The normalized spacial score (nSPS) is 12.4. The molecule has 300 valence electrons. The zero-order valence-electron chi connectivity index (χ0n) is 30.4. The van der Waals surface area contributed by atoms with Gasteiger partial charge in [-0.1, -0.05) is 37.3 Å². The number of hydrogen-bond acceptors (Lipinski definition) is 14. The van der Waals surface area contributed by atoms with E-state index in [0.717, 1.165) is 36.1 Å². The van der Waals surface area contributed by atoms with Crippen molar-refractivity contribution in [1.82, 2.24) is 5.32 Å². The van der Waals surface area contributed by atoms with E-state index in [1.54, 1.807) is 12.1 Å². The first-order valence-electron chi connectivity index (χ1n) is 17.2. The topological polar surface area (TPSA) is 270 Å². The van der Waals surface area contributed by atoms with Gasteiger partial charge in [-0.15, -0.1) is 0 Å². The van der Waals surface area contributed by atoms with Crippen LogP contribution in [0.15, 0.2) is 109 Å². The van der Waals surface area contributed by atoms with Crippen LogP contribution in [0.5, 0.6) is 0 Å². The molecule has 5 rings (SSSR count). The lowest BCUT2D eigenvalue weighted by atomic mass is 10.0. The zero-order valence-corrected chi connectivity index (χ0v) is 32.8. The molecule has 0 saturated heterocycles. The Morgan fingerprint density at radius 2 is 1.40 bits per heavy atom. The fourth-order valence-corrected chi connectivity index (χ4v) is 7.78. The van der Waals surface area contributed by atoms with Crippen molar-refractivity contribution in [3.05, 3.63) is 126 Å². The molecule has 0 bridgehead atoms. The Balaban J connectivity index is 1.31. The average molecular weight is 839 g/mol. The van der Waals surface area contributed by atoms with E-state index in [4.69, 9.17) is 5.41 Å². The van der Waals surface area contributed by atoms with Gasteiger partial charge >= 0.3 is 0 Å². The van der Waals surface area contributed by atoms with Crippen LogP contribution in [0.1, 0.15) is 25.7 Å². The van der Waals surface area contributed by atoms with Crippen LogP contribution in [0.3, 0.4) is 0 Å². The molecule has 57 heavy (non-hydrogen) atoms. The highest BCUT2D eigenvalue weighted by Gasteiger charge is 2.21. The summed E-state index contributed by atoms with van der Waals surface area (Å²) in [5.41, 5.74) is 5.22. The summed E-state index contributed by atoms with van der Waals surface area (Å²) in [4.78, 5) is 43.4. The first kappa shape index (κ1) is 42.3. The lowest BCUT2D eigenvalue weighted by Gasteiger charge is -2.20. The summed E-state index contributed by atoms with van der Waals surface area (Å²) in [7, 11) is -11.6. The molecule has 1 amide bonds. The third kappa shape index (κ3) is 10.1. The largest absolute Gasteiger partial charge is 0.375 e. The maximum atomic E-state index is 13.6. The van der Waals surface area contributed by atoms with Gasteiger partial charge in [0.25, 0.3) is 20.2 Å². The van der Waals surface area contributed by atoms with E-state index >= 15 is 0 Å². The third-order valence-electron chi connectivity index (χ3n) is 8.92. The number of carbonyl (C=O) groups excluding carboxylic acids is 1. The summed E-state index contributed by atoms with van der Waals surface area (Å²) < 4.78 is 92.5. The predicted molar refractivity (Wildman–Crippen MR) is 214 cm³/mol. The maximum absolute atomic E-state index is 13.6. The monoisotopic (exact) mass is 838 g/mol. The Morgan fingerprint density at radius 3 is 2.02 bits per heavy atom. The van der Waals surface area contributed by atoms with Crippen molar-refractivity contribution in [2.45, 2.75) is 35.5 Å². The Bertz CT molecular complexity index is 3010. The van der Waals surface area contributed by atoms with Gasteiger partial charge in [-0.05, 0) is 61.4 Å². The first-order valence-corrected chi connectivity index (χ1v) is 21.8. The van der Waals surface area contributed by atoms with Crippen LogP contribution in [0.4, 0.5) is 22.7 Å². The van der Waals surface area contributed by atoms with Gasteiger partial charge in [0.05, 0.1) is 44.0 Å². The van der Waals surface area contributed by atoms with Gasteiger partial charge in [0.15, 0.2) is 20.7 Å². The Kier molecular flexibility index (Phi) is 12.7. The minimum atomic E-state index is -5.13. The van der Waals surface area contributed by atoms with Crippen molar-refractivity contribution < 1.29 is 39.2 Å². The van der Waals surface area contributed by atoms with Gasteiger partial charge < -0.3 is 21.1 Å². The van der Waals surface area contributed by atoms with Crippen LogP contribution < -0.4 is 42.6 Å². The van der Waals surface area contributed by atoms with Crippen molar-refractivity contribution in [2.75, 3.05) is 41.6 Å². The minimum absolute atomic E-state index is 0.0332. The first-order chi connectivity index (χ1) is 26.8. The molecular weight excluding hydrogens is 801 g/mol. The molecule has 17 nitrogen and oxygen atoms in total. The number of rotatable bonds is 17. The zero-order chi connectivity index (χ0) is 41.7. The summed E-state index contributed by atoms with van der Waals surface area (Å²) >= 11 is 0. The standard InChI is InChI=1S/C37H38N6O11S3/c1-3-55(47,48)20-18-39-32(44)11-5-4-8-19-43(2)25-15-12-23(13-16-25)41-42-24-14-17-28(30(21-24)56(49,50)51)40-29-22-31(57(52,53)54)35(38)34-33(29)36(45)26-9-6-7-10-27(26)37(34)46/h3,6-7,9-10,12-17,21-22,38,41-42H,1,4-5,8,11,18-20H2,2H3,(H,39,44)(H,49,50,51)(H,52,53,54). The van der Waals surface area contributed by atoms with Gasteiger partial charge in [-0.25, -0.2) is 13.4 Å². The van der Waals surface area contributed by atoms with Crippen LogP contribution in [0.2, 0.25) is 0 Å². The molecule has 2 aliphatic carbocycles. The van der Waals surface area contributed by atoms with Crippen LogP contribution in [-0.2, 0) is 34.9 Å². The van der Waals surface area contributed by atoms with Crippen molar-refractivity contribution in [3.8, 4) is 0 Å². The van der Waals surface area contributed by atoms with Crippen molar-refractivity contribution >= 4 is 69.5 Å². The number of carbonyl (C=O) groups is 1. The van der Waals surface area contributed by atoms with Crippen molar-refractivity contribution in [1.29, 1.82) is 5.41 Å². The number of sulfone groups is 1. The fraction of sp³-hybridized carbons (Fsp3) is 0.216. The van der Waals surface area contributed by atoms with Gasteiger partial charge in [0, 0.05) is 48.4 Å². The lowest BCUT2D eigenvalue weighted by molar-refractivity contribution is -0.121. The molecule has 0 aliphatic heterocycles. The smallest absolute Gasteiger partial charge is 0.296 e. The van der Waals surface area contributed by atoms with E-state index in [1.807, 2.05) is 24.1 Å². The highest BCUT2D eigenvalue weighted by atomic mass is 32.2. The molecule has 3 aromatic rings.